The molecule has 1 rings (SSSR count). The van der Waals surface area contributed by atoms with E-state index in [1.165, 1.54) is 12.1 Å². The molecule has 0 radical (unpaired) electrons. The van der Waals surface area contributed by atoms with E-state index in [4.69, 9.17) is 4.74 Å². The van der Waals surface area contributed by atoms with Crippen LogP contribution in [0.25, 0.3) is 0 Å². The van der Waals surface area contributed by atoms with Crippen molar-refractivity contribution in [2.45, 2.75) is 39.5 Å². The molecule has 6 nitrogen and oxygen atoms in total. The largest absolute Gasteiger partial charge is 0.487 e. The van der Waals surface area contributed by atoms with Crippen molar-refractivity contribution < 1.29 is 19.6 Å². The Morgan fingerprint density at radius 3 is 2.57 bits per heavy atom. The zero-order valence-electron chi connectivity index (χ0n) is 12.5. The molecule has 0 heterocycles. The van der Waals surface area contributed by atoms with Gasteiger partial charge in [0.25, 0.3) is 0 Å². The summed E-state index contributed by atoms with van der Waals surface area (Å²) in [5.41, 5.74) is -0.0335. The number of rotatable bonds is 8. The molecule has 1 atom stereocenters. The van der Waals surface area contributed by atoms with Crippen LogP contribution in [0.1, 0.15) is 45.1 Å². The summed E-state index contributed by atoms with van der Waals surface area (Å²) in [4.78, 5) is 22.3. The minimum Gasteiger partial charge on any atom is -0.487 e. The van der Waals surface area contributed by atoms with E-state index in [0.29, 0.717) is 13.0 Å². The fourth-order valence-electron chi connectivity index (χ4n) is 2.18. The quantitative estimate of drug-likeness (QED) is 0.584. The number of nitrogens with zero attached hydrogens (tertiary/aromatic N) is 1. The molecule has 0 bridgehead atoms. The Kier molecular flexibility index (Phi) is 6.14. The van der Waals surface area contributed by atoms with Gasteiger partial charge in [0, 0.05) is 5.56 Å². The smallest absolute Gasteiger partial charge is 0.314 e. The van der Waals surface area contributed by atoms with Crippen molar-refractivity contribution in [1.82, 2.24) is 0 Å². The van der Waals surface area contributed by atoms with Crippen molar-refractivity contribution in [3.05, 3.63) is 33.9 Å². The topological polar surface area (TPSA) is 89.7 Å². The SMILES string of the molecule is CCCOc1cccc(C(CC(C)C)C(=O)O)c1[N+](=O)[O-]. The molecule has 0 saturated heterocycles. The predicted octanol–water partition coefficient (Wildman–Crippen LogP) is 3.60. The lowest BCUT2D eigenvalue weighted by Crippen LogP contribution is -2.16. The Morgan fingerprint density at radius 1 is 1.43 bits per heavy atom. The van der Waals surface area contributed by atoms with Gasteiger partial charge in [-0.25, -0.2) is 0 Å². The van der Waals surface area contributed by atoms with Gasteiger partial charge in [0.15, 0.2) is 5.75 Å². The Hall–Kier alpha value is -2.11. The second-order valence-corrected chi connectivity index (χ2v) is 5.32. The number of carboxylic acid groups (broad SMARTS) is 1. The summed E-state index contributed by atoms with van der Waals surface area (Å²) in [5, 5.41) is 20.7. The predicted molar refractivity (Wildman–Crippen MR) is 78.7 cm³/mol. The number of nitro groups is 1. The van der Waals surface area contributed by atoms with Crippen LogP contribution in [-0.4, -0.2) is 22.6 Å². The highest BCUT2D eigenvalue weighted by Gasteiger charge is 2.31. The molecular formula is C15H21NO5. The van der Waals surface area contributed by atoms with Crippen molar-refractivity contribution >= 4 is 11.7 Å². The number of benzene rings is 1. The van der Waals surface area contributed by atoms with Gasteiger partial charge in [-0.3, -0.25) is 14.9 Å². The van der Waals surface area contributed by atoms with E-state index in [9.17, 15) is 20.0 Å². The number of hydrogen-bond acceptors (Lipinski definition) is 4. The summed E-state index contributed by atoms with van der Waals surface area (Å²) in [6.07, 6.45) is 1.06. The second-order valence-electron chi connectivity index (χ2n) is 5.32. The van der Waals surface area contributed by atoms with Crippen molar-refractivity contribution in [2.24, 2.45) is 5.92 Å². The van der Waals surface area contributed by atoms with Crippen LogP contribution in [-0.2, 0) is 4.79 Å². The molecular weight excluding hydrogens is 274 g/mol. The molecule has 0 spiro atoms. The molecule has 0 saturated carbocycles. The van der Waals surface area contributed by atoms with E-state index >= 15 is 0 Å². The molecule has 0 aliphatic carbocycles. The van der Waals surface area contributed by atoms with E-state index in [0.717, 1.165) is 6.42 Å². The summed E-state index contributed by atoms with van der Waals surface area (Å²) in [6, 6.07) is 4.60. The highest BCUT2D eigenvalue weighted by Crippen LogP contribution is 2.38. The lowest BCUT2D eigenvalue weighted by atomic mass is 9.89. The minimum atomic E-state index is -1.06. The van der Waals surface area contributed by atoms with Crippen LogP contribution in [0.5, 0.6) is 5.75 Å². The van der Waals surface area contributed by atoms with E-state index in [1.54, 1.807) is 6.07 Å². The molecule has 0 fully saturated rings. The maximum absolute atomic E-state index is 11.5. The fourth-order valence-corrected chi connectivity index (χ4v) is 2.18. The van der Waals surface area contributed by atoms with Gasteiger partial charge in [-0.1, -0.05) is 32.9 Å². The van der Waals surface area contributed by atoms with Gasteiger partial charge >= 0.3 is 11.7 Å². The van der Waals surface area contributed by atoms with Gasteiger partial charge in [0.05, 0.1) is 17.4 Å². The third kappa shape index (κ3) is 4.44. The molecule has 21 heavy (non-hydrogen) atoms. The standard InChI is InChI=1S/C15H21NO5/c1-4-8-21-13-7-5-6-11(14(13)16(19)20)12(15(17)18)9-10(2)3/h5-7,10,12H,4,8-9H2,1-3H3,(H,17,18). The average molecular weight is 295 g/mol. The molecule has 0 aliphatic rings. The van der Waals surface area contributed by atoms with Gasteiger partial charge in [-0.15, -0.1) is 0 Å². The van der Waals surface area contributed by atoms with Crippen molar-refractivity contribution in [3.8, 4) is 5.75 Å². The summed E-state index contributed by atoms with van der Waals surface area (Å²) >= 11 is 0. The maximum Gasteiger partial charge on any atom is 0.314 e. The van der Waals surface area contributed by atoms with E-state index in [-0.39, 0.29) is 22.9 Å². The summed E-state index contributed by atoms with van der Waals surface area (Å²) in [6.45, 7) is 6.03. The zero-order valence-corrected chi connectivity index (χ0v) is 12.5. The number of carbonyl (C=O) groups is 1. The van der Waals surface area contributed by atoms with E-state index < -0.39 is 16.8 Å². The highest BCUT2D eigenvalue weighted by atomic mass is 16.6. The Balaban J connectivity index is 3.31. The van der Waals surface area contributed by atoms with Gasteiger partial charge in [-0.2, -0.15) is 0 Å². The van der Waals surface area contributed by atoms with Crippen LogP contribution in [0.3, 0.4) is 0 Å². The number of nitro benzene ring substituents is 1. The molecule has 116 valence electrons. The van der Waals surface area contributed by atoms with Crippen LogP contribution in [0.15, 0.2) is 18.2 Å². The zero-order chi connectivity index (χ0) is 16.0. The second kappa shape index (κ2) is 7.61. The molecule has 0 amide bonds. The Morgan fingerprint density at radius 2 is 2.10 bits per heavy atom. The summed E-state index contributed by atoms with van der Waals surface area (Å²) < 4.78 is 5.39. The van der Waals surface area contributed by atoms with Crippen LogP contribution in [0.4, 0.5) is 5.69 Å². The fraction of sp³-hybridized carbons (Fsp3) is 0.533. The molecule has 6 heteroatoms. The lowest BCUT2D eigenvalue weighted by molar-refractivity contribution is -0.386. The number of ether oxygens (including phenoxy) is 1. The summed E-state index contributed by atoms with van der Waals surface area (Å²) in [7, 11) is 0. The summed E-state index contributed by atoms with van der Waals surface area (Å²) in [5.74, 6) is -1.71. The lowest BCUT2D eigenvalue weighted by Gasteiger charge is -2.16. The molecule has 0 aliphatic heterocycles. The van der Waals surface area contributed by atoms with E-state index in [1.807, 2.05) is 20.8 Å². The van der Waals surface area contributed by atoms with Crippen LogP contribution in [0.2, 0.25) is 0 Å². The molecule has 0 aromatic heterocycles. The minimum absolute atomic E-state index is 0.117. The van der Waals surface area contributed by atoms with Gasteiger partial charge in [-0.05, 0) is 24.8 Å². The van der Waals surface area contributed by atoms with Crippen LogP contribution in [0, 0.1) is 16.0 Å². The first-order chi connectivity index (χ1) is 9.88. The van der Waals surface area contributed by atoms with Gasteiger partial charge in [0.1, 0.15) is 0 Å². The molecule has 1 unspecified atom stereocenters. The van der Waals surface area contributed by atoms with Gasteiger partial charge < -0.3 is 9.84 Å². The van der Waals surface area contributed by atoms with Crippen LogP contribution < -0.4 is 4.74 Å². The highest BCUT2D eigenvalue weighted by molar-refractivity contribution is 5.78. The van der Waals surface area contributed by atoms with Crippen molar-refractivity contribution in [1.29, 1.82) is 0 Å². The first-order valence-electron chi connectivity index (χ1n) is 7.01. The molecule has 1 N–H and O–H groups in total. The normalized spacial score (nSPS) is 12.2. The first-order valence-corrected chi connectivity index (χ1v) is 7.01. The average Bonchev–Trinajstić information content (AvgIpc) is 2.41. The third-order valence-electron chi connectivity index (χ3n) is 3.06. The first kappa shape index (κ1) is 16.9. The number of carboxylic acids is 1. The van der Waals surface area contributed by atoms with Crippen LogP contribution >= 0.6 is 0 Å². The number of hydrogen-bond donors (Lipinski definition) is 1. The Bertz CT molecular complexity index is 513. The third-order valence-corrected chi connectivity index (χ3v) is 3.06. The van der Waals surface area contributed by atoms with Crippen molar-refractivity contribution in [2.75, 3.05) is 6.61 Å². The molecule has 1 aromatic carbocycles. The Labute approximate surface area is 123 Å². The maximum atomic E-state index is 11.5. The number of aliphatic carboxylic acids is 1. The molecule has 1 aromatic rings. The van der Waals surface area contributed by atoms with E-state index in [2.05, 4.69) is 0 Å². The number of para-hydroxylation sites is 1. The monoisotopic (exact) mass is 295 g/mol. The van der Waals surface area contributed by atoms with Crippen molar-refractivity contribution in [3.63, 3.8) is 0 Å². The van der Waals surface area contributed by atoms with Gasteiger partial charge in [0.2, 0.25) is 0 Å².